The number of hydrogen-bond donors (Lipinski definition) is 1. The Morgan fingerprint density at radius 2 is 2.08 bits per heavy atom. The Labute approximate surface area is 152 Å². The van der Waals surface area contributed by atoms with Crippen molar-refractivity contribution >= 4 is 16.0 Å². The number of rotatable bonds is 6. The molecule has 0 unspecified atom stereocenters. The van der Waals surface area contributed by atoms with Crippen molar-refractivity contribution in [2.45, 2.75) is 12.2 Å². The summed E-state index contributed by atoms with van der Waals surface area (Å²) in [4.78, 5) is 6.35. The van der Waals surface area contributed by atoms with Crippen LogP contribution in [-0.2, 0) is 22.2 Å². The topological polar surface area (TPSA) is 104 Å². The predicted octanol–water partition coefficient (Wildman–Crippen LogP) is 0.533. The maximum Gasteiger partial charge on any atom is 0.220 e. The third kappa shape index (κ3) is 4.64. The minimum atomic E-state index is -3.40. The van der Waals surface area contributed by atoms with Gasteiger partial charge in [0.2, 0.25) is 10.0 Å². The lowest BCUT2D eigenvalue weighted by molar-refractivity contribution is 0.260. The van der Waals surface area contributed by atoms with Crippen LogP contribution >= 0.6 is 0 Å². The normalized spacial score (nSPS) is 16.8. The fraction of sp³-hybridized carbons (Fsp3) is 0.500. The molecule has 2 aromatic rings. The lowest BCUT2D eigenvalue weighted by Crippen LogP contribution is -2.54. The maximum absolute atomic E-state index is 12.5. The molecule has 9 nitrogen and oxygen atoms in total. The van der Waals surface area contributed by atoms with E-state index in [1.54, 1.807) is 19.4 Å². The van der Waals surface area contributed by atoms with Gasteiger partial charge in [-0.05, 0) is 12.1 Å². The molecule has 2 aromatic heterocycles. The molecule has 0 radical (unpaired) electrons. The van der Waals surface area contributed by atoms with E-state index in [1.165, 1.54) is 10.6 Å². The second kappa shape index (κ2) is 8.37. The molecule has 142 valence electrons. The Kier molecular flexibility index (Phi) is 5.94. The third-order valence-corrected chi connectivity index (χ3v) is 6.01. The van der Waals surface area contributed by atoms with Crippen LogP contribution < -0.4 is 5.32 Å². The zero-order chi connectivity index (χ0) is 18.4. The Hall–Kier alpha value is -2.33. The molecule has 1 fully saturated rings. The number of aliphatic imine (C=N–C) groups is 1. The third-order valence-electron chi connectivity index (χ3n) is 4.20. The number of aromatic nitrogens is 1. The molecule has 1 aliphatic heterocycles. The molecular formula is C16H23N5O4S. The fourth-order valence-corrected chi connectivity index (χ4v) is 4.28. The molecule has 10 heteroatoms. The van der Waals surface area contributed by atoms with E-state index in [1.807, 2.05) is 12.1 Å². The van der Waals surface area contributed by atoms with E-state index in [2.05, 4.69) is 20.4 Å². The van der Waals surface area contributed by atoms with Gasteiger partial charge >= 0.3 is 0 Å². The van der Waals surface area contributed by atoms with E-state index >= 15 is 0 Å². The molecule has 1 N–H and O–H groups in total. The summed E-state index contributed by atoms with van der Waals surface area (Å²) in [5, 5.41) is 6.97. The number of guanidine groups is 1. The predicted molar refractivity (Wildman–Crippen MR) is 96.0 cm³/mol. The summed E-state index contributed by atoms with van der Waals surface area (Å²) in [5.41, 5.74) is 0.419. The molecule has 0 atom stereocenters. The zero-order valence-corrected chi connectivity index (χ0v) is 15.5. The average Bonchev–Trinajstić information content (AvgIpc) is 3.33. The number of furan rings is 1. The molecule has 0 aromatic carbocycles. The van der Waals surface area contributed by atoms with Crippen molar-refractivity contribution in [2.24, 2.45) is 4.99 Å². The first kappa shape index (κ1) is 18.5. The van der Waals surface area contributed by atoms with Gasteiger partial charge in [-0.25, -0.2) is 8.42 Å². The SMILES string of the molecule is CN=C(NCCc1ccco1)N1CCN(S(=O)(=O)Cc2ccon2)CC1. The van der Waals surface area contributed by atoms with Crippen molar-refractivity contribution in [1.29, 1.82) is 0 Å². The van der Waals surface area contributed by atoms with Crippen molar-refractivity contribution in [3.63, 3.8) is 0 Å². The van der Waals surface area contributed by atoms with E-state index in [-0.39, 0.29) is 5.75 Å². The summed E-state index contributed by atoms with van der Waals surface area (Å²) in [6.07, 6.45) is 3.79. The van der Waals surface area contributed by atoms with Crippen LogP contribution in [0.25, 0.3) is 0 Å². The number of piperazine rings is 1. The Morgan fingerprint density at radius 1 is 1.27 bits per heavy atom. The van der Waals surface area contributed by atoms with Gasteiger partial charge in [0, 0.05) is 52.3 Å². The summed E-state index contributed by atoms with van der Waals surface area (Å²) in [6.45, 7) is 2.69. The first-order valence-corrected chi connectivity index (χ1v) is 10.0. The molecule has 0 amide bonds. The smallest absolute Gasteiger partial charge is 0.220 e. The fourth-order valence-electron chi connectivity index (χ4n) is 2.85. The van der Waals surface area contributed by atoms with Gasteiger partial charge in [0.25, 0.3) is 0 Å². The second-order valence-electron chi connectivity index (χ2n) is 5.94. The van der Waals surface area contributed by atoms with Crippen molar-refractivity contribution < 1.29 is 17.4 Å². The van der Waals surface area contributed by atoms with Gasteiger partial charge in [-0.3, -0.25) is 4.99 Å². The van der Waals surface area contributed by atoms with Gasteiger partial charge in [0.15, 0.2) is 5.96 Å². The Morgan fingerprint density at radius 3 is 2.69 bits per heavy atom. The van der Waals surface area contributed by atoms with Crippen LogP contribution in [-0.4, -0.2) is 68.5 Å². The van der Waals surface area contributed by atoms with E-state index in [4.69, 9.17) is 8.94 Å². The summed E-state index contributed by atoms with van der Waals surface area (Å²) in [7, 11) is -1.67. The molecule has 1 saturated heterocycles. The number of sulfonamides is 1. The van der Waals surface area contributed by atoms with Crippen LogP contribution in [0.5, 0.6) is 0 Å². The van der Waals surface area contributed by atoms with Crippen molar-refractivity contribution in [3.8, 4) is 0 Å². The van der Waals surface area contributed by atoms with Gasteiger partial charge in [-0.15, -0.1) is 0 Å². The van der Waals surface area contributed by atoms with Gasteiger partial charge < -0.3 is 19.2 Å². The molecule has 3 heterocycles. The standard InChI is InChI=1S/C16H23N5O4S/c1-17-16(18-6-4-15-3-2-11-24-15)20-7-9-21(10-8-20)26(22,23)13-14-5-12-25-19-14/h2-3,5,11-12H,4,6-10,13H2,1H3,(H,17,18). The molecular weight excluding hydrogens is 358 g/mol. The van der Waals surface area contributed by atoms with Crippen molar-refractivity contribution in [2.75, 3.05) is 39.8 Å². The monoisotopic (exact) mass is 381 g/mol. The first-order chi connectivity index (χ1) is 12.6. The molecule has 0 bridgehead atoms. The second-order valence-corrected chi connectivity index (χ2v) is 7.91. The largest absolute Gasteiger partial charge is 0.469 e. The van der Waals surface area contributed by atoms with Crippen molar-refractivity contribution in [1.82, 2.24) is 19.7 Å². The van der Waals surface area contributed by atoms with Crippen LogP contribution in [0.15, 0.2) is 44.7 Å². The lowest BCUT2D eigenvalue weighted by atomic mass is 10.3. The number of nitrogens with zero attached hydrogens (tertiary/aromatic N) is 4. The molecule has 0 saturated carbocycles. The summed E-state index contributed by atoms with van der Waals surface area (Å²) < 4.78 is 36.5. The van der Waals surface area contributed by atoms with Gasteiger partial charge in [-0.2, -0.15) is 4.31 Å². The van der Waals surface area contributed by atoms with E-state index < -0.39 is 10.0 Å². The molecule has 3 rings (SSSR count). The summed E-state index contributed by atoms with van der Waals surface area (Å²) in [5.74, 6) is 1.54. The van der Waals surface area contributed by atoms with Gasteiger partial charge in [0.05, 0.1) is 12.0 Å². The van der Waals surface area contributed by atoms with Crippen LogP contribution in [0.1, 0.15) is 11.5 Å². The highest BCUT2D eigenvalue weighted by Gasteiger charge is 2.28. The lowest BCUT2D eigenvalue weighted by Gasteiger charge is -2.35. The van der Waals surface area contributed by atoms with Crippen LogP contribution in [0.2, 0.25) is 0 Å². The van der Waals surface area contributed by atoms with Crippen LogP contribution in [0.4, 0.5) is 0 Å². The van der Waals surface area contributed by atoms with E-state index in [9.17, 15) is 8.42 Å². The maximum atomic E-state index is 12.5. The molecule has 0 spiro atoms. The Bertz CT molecular complexity index is 794. The average molecular weight is 381 g/mol. The highest BCUT2D eigenvalue weighted by Crippen LogP contribution is 2.13. The Balaban J connectivity index is 1.48. The minimum absolute atomic E-state index is 0.139. The molecule has 0 aliphatic carbocycles. The number of nitrogens with one attached hydrogen (secondary N) is 1. The number of hydrogen-bond acceptors (Lipinski definition) is 6. The van der Waals surface area contributed by atoms with Gasteiger partial charge in [0.1, 0.15) is 17.8 Å². The van der Waals surface area contributed by atoms with Gasteiger partial charge in [-0.1, -0.05) is 5.16 Å². The molecule has 1 aliphatic rings. The van der Waals surface area contributed by atoms with E-state index in [0.29, 0.717) is 38.4 Å². The summed E-state index contributed by atoms with van der Waals surface area (Å²) >= 11 is 0. The van der Waals surface area contributed by atoms with Crippen LogP contribution in [0.3, 0.4) is 0 Å². The van der Waals surface area contributed by atoms with E-state index in [0.717, 1.165) is 18.1 Å². The summed E-state index contributed by atoms with van der Waals surface area (Å²) in [6, 6.07) is 5.37. The minimum Gasteiger partial charge on any atom is -0.469 e. The zero-order valence-electron chi connectivity index (χ0n) is 14.7. The van der Waals surface area contributed by atoms with Crippen molar-refractivity contribution in [3.05, 3.63) is 42.2 Å². The molecule has 26 heavy (non-hydrogen) atoms. The highest BCUT2D eigenvalue weighted by molar-refractivity contribution is 7.88. The first-order valence-electron chi connectivity index (χ1n) is 8.43. The highest BCUT2D eigenvalue weighted by atomic mass is 32.2. The van der Waals surface area contributed by atoms with Crippen LogP contribution in [0, 0.1) is 0 Å². The quantitative estimate of drug-likeness (QED) is 0.575.